The lowest BCUT2D eigenvalue weighted by atomic mass is 9.88. The highest BCUT2D eigenvalue weighted by Crippen LogP contribution is 2.36. The predicted molar refractivity (Wildman–Crippen MR) is 94.0 cm³/mol. The zero-order valence-electron chi connectivity index (χ0n) is 13.8. The molecule has 2 N–H and O–H groups in total. The number of hydrogen-bond donors (Lipinski definition) is 2. The minimum atomic E-state index is -0.341. The lowest BCUT2D eigenvalue weighted by Crippen LogP contribution is -2.45. The van der Waals surface area contributed by atoms with Crippen molar-refractivity contribution in [3.63, 3.8) is 0 Å². The first kappa shape index (κ1) is 15.0. The smallest absolute Gasteiger partial charge is 0.323 e. The Hall–Kier alpha value is -2.59. The topological polar surface area (TPSA) is 54.1 Å². The van der Waals surface area contributed by atoms with Crippen molar-refractivity contribution >= 4 is 16.9 Å². The van der Waals surface area contributed by atoms with Crippen LogP contribution in [0.15, 0.2) is 48.5 Å². The summed E-state index contributed by atoms with van der Waals surface area (Å²) in [5.41, 5.74) is 5.83. The van der Waals surface area contributed by atoms with Gasteiger partial charge in [-0.3, -0.25) is 10.1 Å². The Morgan fingerprint density at radius 2 is 1.88 bits per heavy atom. The number of nitrogens with one attached hydrogen (secondary N) is 2. The minimum Gasteiger partial charge on any atom is -0.468 e. The number of hydrogen-bond acceptors (Lipinski definition) is 3. The molecule has 2 aromatic carbocycles. The average molecular weight is 320 g/mol. The fourth-order valence-electron chi connectivity index (χ4n) is 3.68. The van der Waals surface area contributed by atoms with Crippen LogP contribution in [0.1, 0.15) is 28.4 Å². The summed E-state index contributed by atoms with van der Waals surface area (Å²) in [4.78, 5) is 15.8. The molecule has 0 spiro atoms. The predicted octanol–water partition coefficient (Wildman–Crippen LogP) is 3.25. The molecule has 4 nitrogen and oxygen atoms in total. The van der Waals surface area contributed by atoms with Crippen LogP contribution < -0.4 is 5.32 Å². The first-order chi connectivity index (χ1) is 11.7. The van der Waals surface area contributed by atoms with Crippen LogP contribution in [-0.4, -0.2) is 24.1 Å². The second-order valence-electron chi connectivity index (χ2n) is 6.30. The third kappa shape index (κ3) is 2.31. The molecule has 24 heavy (non-hydrogen) atoms. The van der Waals surface area contributed by atoms with Crippen molar-refractivity contribution in [2.45, 2.75) is 25.4 Å². The Kier molecular flexibility index (Phi) is 3.62. The second kappa shape index (κ2) is 5.80. The highest BCUT2D eigenvalue weighted by Gasteiger charge is 2.34. The van der Waals surface area contributed by atoms with Crippen LogP contribution in [0, 0.1) is 6.92 Å². The van der Waals surface area contributed by atoms with Gasteiger partial charge in [0.25, 0.3) is 0 Å². The fourth-order valence-corrected chi connectivity index (χ4v) is 3.68. The van der Waals surface area contributed by atoms with Crippen molar-refractivity contribution in [3.05, 3.63) is 70.9 Å². The van der Waals surface area contributed by atoms with Crippen LogP contribution in [0.2, 0.25) is 0 Å². The summed E-state index contributed by atoms with van der Waals surface area (Å²) in [6.07, 6.45) is 0.633. The monoisotopic (exact) mass is 320 g/mol. The van der Waals surface area contributed by atoms with E-state index in [1.165, 1.54) is 29.2 Å². The van der Waals surface area contributed by atoms with Crippen molar-refractivity contribution in [3.8, 4) is 0 Å². The molecule has 0 amide bonds. The Morgan fingerprint density at radius 1 is 1.12 bits per heavy atom. The molecule has 0 saturated carbocycles. The maximum Gasteiger partial charge on any atom is 0.323 e. The Balaban J connectivity index is 1.90. The molecular weight excluding hydrogens is 300 g/mol. The van der Waals surface area contributed by atoms with Crippen LogP contribution in [0.4, 0.5) is 0 Å². The number of methoxy groups -OCH3 is 1. The maximum atomic E-state index is 12.2. The number of carbonyl (C=O) groups is 1. The van der Waals surface area contributed by atoms with E-state index in [1.807, 2.05) is 24.3 Å². The number of benzene rings is 2. The highest BCUT2D eigenvalue weighted by atomic mass is 16.5. The molecule has 1 aromatic heterocycles. The molecule has 3 aromatic rings. The third-order valence-electron chi connectivity index (χ3n) is 4.90. The Morgan fingerprint density at radius 3 is 2.67 bits per heavy atom. The molecule has 0 radical (unpaired) electrons. The molecule has 4 heteroatoms. The first-order valence-electron chi connectivity index (χ1n) is 8.18. The average Bonchev–Trinajstić information content (AvgIpc) is 2.99. The van der Waals surface area contributed by atoms with Crippen molar-refractivity contribution in [2.24, 2.45) is 0 Å². The van der Waals surface area contributed by atoms with E-state index in [2.05, 4.69) is 41.5 Å². The summed E-state index contributed by atoms with van der Waals surface area (Å²) < 4.78 is 5.00. The Bertz CT molecular complexity index is 913. The van der Waals surface area contributed by atoms with Gasteiger partial charge >= 0.3 is 5.97 Å². The zero-order chi connectivity index (χ0) is 16.7. The highest BCUT2D eigenvalue weighted by molar-refractivity contribution is 5.87. The van der Waals surface area contributed by atoms with Gasteiger partial charge < -0.3 is 9.72 Å². The van der Waals surface area contributed by atoms with Crippen LogP contribution in [0.25, 0.3) is 10.9 Å². The molecule has 0 unspecified atom stereocenters. The van der Waals surface area contributed by atoms with Gasteiger partial charge in [-0.25, -0.2) is 0 Å². The molecule has 0 saturated heterocycles. The van der Waals surface area contributed by atoms with Crippen molar-refractivity contribution in [1.29, 1.82) is 0 Å². The van der Waals surface area contributed by atoms with Gasteiger partial charge in [0.05, 0.1) is 13.2 Å². The summed E-state index contributed by atoms with van der Waals surface area (Å²) in [7, 11) is 1.44. The van der Waals surface area contributed by atoms with E-state index < -0.39 is 0 Å². The molecule has 122 valence electrons. The van der Waals surface area contributed by atoms with E-state index in [1.54, 1.807) is 0 Å². The zero-order valence-corrected chi connectivity index (χ0v) is 13.8. The van der Waals surface area contributed by atoms with Crippen LogP contribution in [-0.2, 0) is 16.0 Å². The number of rotatable bonds is 2. The lowest BCUT2D eigenvalue weighted by molar-refractivity contribution is -0.143. The molecule has 4 rings (SSSR count). The number of esters is 1. The summed E-state index contributed by atoms with van der Waals surface area (Å²) in [5.74, 6) is -0.218. The molecule has 2 heterocycles. The van der Waals surface area contributed by atoms with E-state index >= 15 is 0 Å². The largest absolute Gasteiger partial charge is 0.468 e. The second-order valence-corrected chi connectivity index (χ2v) is 6.30. The fraction of sp³-hybridized carbons (Fsp3) is 0.250. The number of fused-ring (bicyclic) bond motifs is 3. The standard InChI is InChI=1S/C20H20N2O2/c1-12-7-3-4-8-13(12)18-19-15(11-17(22-18)20(23)24-2)14-9-5-6-10-16(14)21-19/h3-10,17-18,21-22H,11H2,1-2H3/t17-,18-/m0/s1. The molecule has 0 fully saturated rings. The van der Waals surface area contributed by atoms with Gasteiger partial charge in [0, 0.05) is 23.0 Å². The van der Waals surface area contributed by atoms with Crippen LogP contribution in [0.5, 0.6) is 0 Å². The van der Waals surface area contributed by atoms with E-state index in [0.717, 1.165) is 11.2 Å². The number of carbonyl (C=O) groups excluding carboxylic acids is 1. The first-order valence-corrected chi connectivity index (χ1v) is 8.18. The third-order valence-corrected chi connectivity index (χ3v) is 4.90. The summed E-state index contributed by atoms with van der Waals surface area (Å²) in [6.45, 7) is 2.10. The summed E-state index contributed by atoms with van der Waals surface area (Å²) >= 11 is 0. The Labute approximate surface area is 140 Å². The van der Waals surface area contributed by atoms with E-state index in [0.29, 0.717) is 6.42 Å². The quantitative estimate of drug-likeness (QED) is 0.713. The van der Waals surface area contributed by atoms with Crippen molar-refractivity contribution in [1.82, 2.24) is 10.3 Å². The number of ether oxygens (including phenoxy) is 1. The molecule has 0 bridgehead atoms. The van der Waals surface area contributed by atoms with Crippen molar-refractivity contribution in [2.75, 3.05) is 7.11 Å². The molecular formula is C20H20N2O2. The lowest BCUT2D eigenvalue weighted by Gasteiger charge is -2.31. The normalized spacial score (nSPS) is 19.9. The number of aromatic nitrogens is 1. The minimum absolute atomic E-state index is 0.0496. The van der Waals surface area contributed by atoms with Crippen LogP contribution >= 0.6 is 0 Å². The number of aryl methyl sites for hydroxylation is 1. The number of H-pyrrole nitrogens is 1. The maximum absolute atomic E-state index is 12.2. The molecule has 2 atom stereocenters. The van der Waals surface area contributed by atoms with Gasteiger partial charge in [-0.2, -0.15) is 0 Å². The molecule has 1 aliphatic heterocycles. The molecule has 1 aliphatic rings. The van der Waals surface area contributed by atoms with Gasteiger partial charge in [0.1, 0.15) is 6.04 Å². The van der Waals surface area contributed by atoms with Gasteiger partial charge in [0.15, 0.2) is 0 Å². The van der Waals surface area contributed by atoms with E-state index in [-0.39, 0.29) is 18.1 Å². The number of aromatic amines is 1. The summed E-state index contributed by atoms with van der Waals surface area (Å²) in [6, 6.07) is 16.1. The van der Waals surface area contributed by atoms with Gasteiger partial charge in [-0.05, 0) is 29.7 Å². The van der Waals surface area contributed by atoms with Crippen molar-refractivity contribution < 1.29 is 9.53 Å². The van der Waals surface area contributed by atoms with E-state index in [4.69, 9.17) is 4.74 Å². The summed E-state index contributed by atoms with van der Waals surface area (Å²) in [5, 5.41) is 4.65. The number of para-hydroxylation sites is 1. The van der Waals surface area contributed by atoms with Crippen LogP contribution in [0.3, 0.4) is 0 Å². The van der Waals surface area contributed by atoms with Gasteiger partial charge in [-0.1, -0.05) is 42.5 Å². The molecule has 0 aliphatic carbocycles. The SMILES string of the molecule is COC(=O)[C@@H]1Cc2c([nH]c3ccccc23)[C@H](c2ccccc2C)N1. The van der Waals surface area contributed by atoms with E-state index in [9.17, 15) is 4.79 Å². The van der Waals surface area contributed by atoms with Gasteiger partial charge in [-0.15, -0.1) is 0 Å². The van der Waals surface area contributed by atoms with Gasteiger partial charge in [0.2, 0.25) is 0 Å².